The topological polar surface area (TPSA) is 57.3 Å². The largest absolute Gasteiger partial charge is 0.458 e. The Morgan fingerprint density at radius 3 is 2.72 bits per heavy atom. The molecule has 0 saturated heterocycles. The lowest BCUT2D eigenvalue weighted by Gasteiger charge is -2.08. The van der Waals surface area contributed by atoms with Crippen molar-refractivity contribution in [1.82, 2.24) is 9.72 Å². The van der Waals surface area contributed by atoms with Gasteiger partial charge in [-0.1, -0.05) is 44.2 Å². The first-order valence-corrected chi connectivity index (χ1v) is 5.90. The first-order valence-electron chi connectivity index (χ1n) is 5.90. The molecule has 0 radical (unpaired) electrons. The molecule has 1 heterocycles. The van der Waals surface area contributed by atoms with Crippen molar-refractivity contribution in [2.45, 2.75) is 27.0 Å². The summed E-state index contributed by atoms with van der Waals surface area (Å²) in [4.78, 5) is 11.4. The summed E-state index contributed by atoms with van der Waals surface area (Å²) in [6.45, 7) is 4.93. The first-order chi connectivity index (χ1) is 8.66. The fourth-order valence-corrected chi connectivity index (χ4v) is 1.60. The molecule has 0 amide bonds. The van der Waals surface area contributed by atoms with Crippen LogP contribution in [0, 0.1) is 5.92 Å². The smallest absolute Gasteiger partial charge is 0.444 e. The van der Waals surface area contributed by atoms with Gasteiger partial charge in [-0.15, -0.1) is 0 Å². The van der Waals surface area contributed by atoms with Gasteiger partial charge < -0.3 is 4.74 Å². The molecule has 96 valence electrons. The molecular formula is C13H16N2O3. The quantitative estimate of drug-likeness (QED) is 0.812. The minimum absolute atomic E-state index is 0.234. The average molecular weight is 248 g/mol. The van der Waals surface area contributed by atoms with Crippen LogP contribution >= 0.6 is 0 Å². The van der Waals surface area contributed by atoms with Gasteiger partial charge in [-0.3, -0.25) is 4.52 Å². The molecular weight excluding hydrogens is 232 g/mol. The van der Waals surface area contributed by atoms with Crippen LogP contribution in [0.1, 0.15) is 19.4 Å². The van der Waals surface area contributed by atoms with Crippen LogP contribution in [-0.2, 0) is 13.2 Å². The highest BCUT2D eigenvalue weighted by Crippen LogP contribution is 2.10. The zero-order chi connectivity index (χ0) is 13.0. The van der Waals surface area contributed by atoms with E-state index < -0.39 is 5.76 Å². The van der Waals surface area contributed by atoms with Crippen molar-refractivity contribution in [3.8, 4) is 6.01 Å². The van der Waals surface area contributed by atoms with E-state index in [0.717, 1.165) is 5.56 Å². The average Bonchev–Trinajstić information content (AvgIpc) is 2.69. The number of hydrogen-bond acceptors (Lipinski definition) is 4. The summed E-state index contributed by atoms with van der Waals surface area (Å²) >= 11 is 0. The summed E-state index contributed by atoms with van der Waals surface area (Å²) in [6, 6.07) is 9.94. The Morgan fingerprint density at radius 1 is 1.33 bits per heavy atom. The minimum atomic E-state index is -0.480. The van der Waals surface area contributed by atoms with Crippen LogP contribution in [0.4, 0.5) is 0 Å². The van der Waals surface area contributed by atoms with Crippen molar-refractivity contribution < 1.29 is 9.26 Å². The van der Waals surface area contributed by atoms with Crippen LogP contribution in [0.15, 0.2) is 39.6 Å². The molecule has 2 aromatic rings. The fraction of sp³-hybridized carbons (Fsp3) is 0.385. The first kappa shape index (κ1) is 12.4. The number of ether oxygens (including phenoxy) is 1. The van der Waals surface area contributed by atoms with Crippen molar-refractivity contribution in [2.75, 3.05) is 0 Å². The Balaban J connectivity index is 2.08. The summed E-state index contributed by atoms with van der Waals surface area (Å²) in [6.07, 6.45) is 0. The molecule has 1 aromatic carbocycles. The Hall–Kier alpha value is -2.04. The van der Waals surface area contributed by atoms with Gasteiger partial charge in [0, 0.05) is 6.54 Å². The summed E-state index contributed by atoms with van der Waals surface area (Å²) in [5.74, 6) is -0.159. The van der Waals surface area contributed by atoms with Gasteiger partial charge in [0.2, 0.25) is 0 Å². The second-order valence-electron chi connectivity index (χ2n) is 4.51. The van der Waals surface area contributed by atoms with E-state index in [0.29, 0.717) is 19.1 Å². The minimum Gasteiger partial charge on any atom is -0.458 e. The number of aromatic nitrogens is 2. The lowest BCUT2D eigenvalue weighted by Crippen LogP contribution is -2.18. The van der Waals surface area contributed by atoms with Gasteiger partial charge in [0.25, 0.3) is 0 Å². The number of nitrogens with zero attached hydrogens (tertiary/aromatic N) is 2. The van der Waals surface area contributed by atoms with Crippen molar-refractivity contribution in [1.29, 1.82) is 0 Å². The molecule has 0 bridgehead atoms. The lowest BCUT2D eigenvalue weighted by atomic mass is 10.2. The van der Waals surface area contributed by atoms with Crippen molar-refractivity contribution >= 4 is 0 Å². The van der Waals surface area contributed by atoms with Crippen molar-refractivity contribution in [3.05, 3.63) is 46.4 Å². The van der Waals surface area contributed by atoms with E-state index in [4.69, 9.17) is 4.74 Å². The Morgan fingerprint density at radius 2 is 2.06 bits per heavy atom. The molecule has 0 spiro atoms. The molecule has 0 atom stereocenters. The Labute approximate surface area is 105 Å². The third-order valence-electron chi connectivity index (χ3n) is 2.41. The number of benzene rings is 1. The highest BCUT2D eigenvalue weighted by atomic mass is 16.6. The third kappa shape index (κ3) is 3.00. The standard InChI is InChI=1S/C13H16N2O3/c1-10(2)8-15-12(14-18-13(15)16)17-9-11-6-4-3-5-7-11/h3-7,10H,8-9H2,1-2H3. The molecule has 0 aliphatic rings. The number of rotatable bonds is 5. The van der Waals surface area contributed by atoms with Crippen LogP contribution < -0.4 is 10.5 Å². The summed E-state index contributed by atoms with van der Waals surface area (Å²) < 4.78 is 11.5. The monoisotopic (exact) mass is 248 g/mol. The van der Waals surface area contributed by atoms with Gasteiger partial charge >= 0.3 is 11.8 Å². The number of hydrogen-bond donors (Lipinski definition) is 0. The van der Waals surface area contributed by atoms with Crippen LogP contribution in [-0.4, -0.2) is 9.72 Å². The van der Waals surface area contributed by atoms with E-state index in [9.17, 15) is 4.79 Å². The van der Waals surface area contributed by atoms with Gasteiger partial charge in [-0.2, -0.15) is 0 Å². The van der Waals surface area contributed by atoms with Crippen LogP contribution in [0.25, 0.3) is 0 Å². The van der Waals surface area contributed by atoms with Gasteiger partial charge in [-0.25, -0.2) is 9.36 Å². The van der Waals surface area contributed by atoms with Gasteiger partial charge in [0.15, 0.2) is 0 Å². The summed E-state index contributed by atoms with van der Waals surface area (Å²) in [7, 11) is 0. The normalized spacial score (nSPS) is 10.8. The highest BCUT2D eigenvalue weighted by Gasteiger charge is 2.13. The van der Waals surface area contributed by atoms with Crippen LogP contribution in [0.5, 0.6) is 6.01 Å². The van der Waals surface area contributed by atoms with E-state index in [-0.39, 0.29) is 6.01 Å². The van der Waals surface area contributed by atoms with Gasteiger partial charge in [0.05, 0.1) is 0 Å². The fourth-order valence-electron chi connectivity index (χ4n) is 1.60. The molecule has 0 N–H and O–H groups in total. The van der Waals surface area contributed by atoms with Crippen molar-refractivity contribution in [2.24, 2.45) is 5.92 Å². The molecule has 0 aliphatic carbocycles. The lowest BCUT2D eigenvalue weighted by molar-refractivity contribution is 0.250. The van der Waals surface area contributed by atoms with Crippen molar-refractivity contribution in [3.63, 3.8) is 0 Å². The molecule has 0 aliphatic heterocycles. The molecule has 0 fully saturated rings. The SMILES string of the molecule is CC(C)Cn1c(OCc2ccccc2)noc1=O. The van der Waals surface area contributed by atoms with E-state index in [1.807, 2.05) is 44.2 Å². The van der Waals surface area contributed by atoms with E-state index in [1.165, 1.54) is 4.57 Å². The summed E-state index contributed by atoms with van der Waals surface area (Å²) in [5.41, 5.74) is 1.02. The Kier molecular flexibility index (Phi) is 3.82. The molecule has 1 aromatic heterocycles. The zero-order valence-corrected chi connectivity index (χ0v) is 10.5. The third-order valence-corrected chi connectivity index (χ3v) is 2.41. The Bertz CT molecular complexity index is 543. The predicted molar refractivity (Wildman–Crippen MR) is 66.4 cm³/mol. The van der Waals surface area contributed by atoms with Gasteiger partial charge in [-0.05, 0) is 16.6 Å². The maximum Gasteiger partial charge on any atom is 0.444 e. The second-order valence-corrected chi connectivity index (χ2v) is 4.51. The van der Waals surface area contributed by atoms with Crippen LogP contribution in [0.2, 0.25) is 0 Å². The molecule has 5 nitrogen and oxygen atoms in total. The predicted octanol–water partition coefficient (Wildman–Crippen LogP) is 2.07. The van der Waals surface area contributed by atoms with E-state index >= 15 is 0 Å². The molecule has 0 saturated carbocycles. The van der Waals surface area contributed by atoms with E-state index in [1.54, 1.807) is 0 Å². The maximum atomic E-state index is 11.4. The summed E-state index contributed by atoms with van der Waals surface area (Å²) in [5, 5.41) is 3.64. The molecule has 2 rings (SSSR count). The molecule has 5 heteroatoms. The zero-order valence-electron chi connectivity index (χ0n) is 10.5. The van der Waals surface area contributed by atoms with Gasteiger partial charge in [0.1, 0.15) is 6.61 Å². The second kappa shape index (κ2) is 5.53. The maximum absolute atomic E-state index is 11.4. The highest BCUT2D eigenvalue weighted by molar-refractivity contribution is 5.14. The van der Waals surface area contributed by atoms with Crippen LogP contribution in [0.3, 0.4) is 0 Å². The molecule has 0 unspecified atom stereocenters. The molecule has 18 heavy (non-hydrogen) atoms. The van der Waals surface area contributed by atoms with E-state index in [2.05, 4.69) is 9.68 Å².